The molecule has 3 rings (SSSR count). The van der Waals surface area contributed by atoms with Crippen LogP contribution in [0.2, 0.25) is 0 Å². The van der Waals surface area contributed by atoms with E-state index in [0.29, 0.717) is 0 Å². The van der Waals surface area contributed by atoms with E-state index in [0.717, 1.165) is 77.0 Å². The zero-order valence-corrected chi connectivity index (χ0v) is 19.4. The number of rotatable bonds is 8. The van der Waals surface area contributed by atoms with Crippen LogP contribution in [0.5, 0.6) is 0 Å². The van der Waals surface area contributed by atoms with Gasteiger partial charge >= 0.3 is 0 Å². The molecule has 0 aliphatic heterocycles. The number of amides is 3. The van der Waals surface area contributed by atoms with Crippen molar-refractivity contribution >= 4 is 17.7 Å². The topological polar surface area (TPSA) is 87.3 Å². The average Bonchev–Trinajstić information content (AvgIpc) is 2.79. The van der Waals surface area contributed by atoms with Crippen LogP contribution in [0.4, 0.5) is 0 Å². The van der Waals surface area contributed by atoms with Crippen LogP contribution in [0.15, 0.2) is 0 Å². The fourth-order valence-electron chi connectivity index (χ4n) is 5.55. The first-order valence-electron chi connectivity index (χ1n) is 12.9. The molecule has 0 saturated heterocycles. The van der Waals surface area contributed by atoms with Gasteiger partial charge in [-0.2, -0.15) is 0 Å². The standard InChI is InChI=1S/C25H43N3O3/c1-18(24(30)27-20-13-7-3-8-14-20)22(25(31)28-21-15-9-4-10-16-21)17-23(29)26-19-11-5-2-6-12-19/h18-22H,2-17H2,1H3,(H,26,29)(H,27,30)(H,28,31). The Balaban J connectivity index is 1.60. The first kappa shape index (κ1) is 24.1. The molecule has 6 nitrogen and oxygen atoms in total. The SMILES string of the molecule is CC(C(=O)NC1CCCCC1)C(CC(=O)NC1CCCCC1)C(=O)NC1CCCCC1. The second-order valence-corrected chi connectivity index (χ2v) is 10.2. The van der Waals surface area contributed by atoms with Crippen LogP contribution in [0, 0.1) is 11.8 Å². The summed E-state index contributed by atoms with van der Waals surface area (Å²) < 4.78 is 0. The minimum atomic E-state index is -0.617. The fraction of sp³-hybridized carbons (Fsp3) is 0.880. The molecule has 3 aliphatic rings. The van der Waals surface area contributed by atoms with Gasteiger partial charge in [-0.1, -0.05) is 64.7 Å². The van der Waals surface area contributed by atoms with E-state index in [-0.39, 0.29) is 42.3 Å². The largest absolute Gasteiger partial charge is 0.353 e. The molecule has 0 radical (unpaired) electrons. The van der Waals surface area contributed by atoms with Gasteiger partial charge in [-0.15, -0.1) is 0 Å². The van der Waals surface area contributed by atoms with Crippen molar-refractivity contribution in [2.24, 2.45) is 11.8 Å². The van der Waals surface area contributed by atoms with Gasteiger partial charge in [0.15, 0.2) is 0 Å². The van der Waals surface area contributed by atoms with Crippen LogP contribution in [0.1, 0.15) is 110 Å². The summed E-state index contributed by atoms with van der Waals surface area (Å²) in [6.07, 6.45) is 16.7. The Morgan fingerprint density at radius 3 is 1.45 bits per heavy atom. The highest BCUT2D eigenvalue weighted by Gasteiger charge is 2.34. The Kier molecular flexibility index (Phi) is 9.66. The van der Waals surface area contributed by atoms with E-state index in [9.17, 15) is 14.4 Å². The van der Waals surface area contributed by atoms with Crippen LogP contribution >= 0.6 is 0 Å². The molecule has 0 bridgehead atoms. The molecular formula is C25H43N3O3. The lowest BCUT2D eigenvalue weighted by atomic mass is 9.86. The number of nitrogens with one attached hydrogen (secondary N) is 3. The van der Waals surface area contributed by atoms with Crippen molar-refractivity contribution in [2.45, 2.75) is 128 Å². The van der Waals surface area contributed by atoms with Gasteiger partial charge in [-0.25, -0.2) is 0 Å². The van der Waals surface area contributed by atoms with Crippen molar-refractivity contribution in [1.29, 1.82) is 0 Å². The highest BCUT2D eigenvalue weighted by Crippen LogP contribution is 2.24. The lowest BCUT2D eigenvalue weighted by Gasteiger charge is -2.30. The first-order valence-corrected chi connectivity index (χ1v) is 12.9. The van der Waals surface area contributed by atoms with Crippen LogP contribution in [0.3, 0.4) is 0 Å². The Labute approximate surface area is 188 Å². The Hall–Kier alpha value is -1.59. The van der Waals surface area contributed by atoms with Crippen molar-refractivity contribution in [2.75, 3.05) is 0 Å². The number of carbonyl (C=O) groups is 3. The molecule has 0 aromatic rings. The lowest BCUT2D eigenvalue weighted by molar-refractivity contribution is -0.138. The van der Waals surface area contributed by atoms with Crippen LogP contribution in [0.25, 0.3) is 0 Å². The summed E-state index contributed by atoms with van der Waals surface area (Å²) in [4.78, 5) is 39.0. The zero-order valence-electron chi connectivity index (χ0n) is 19.4. The molecule has 0 spiro atoms. The van der Waals surface area contributed by atoms with Crippen LogP contribution < -0.4 is 16.0 Å². The molecule has 3 aliphatic carbocycles. The van der Waals surface area contributed by atoms with E-state index in [2.05, 4.69) is 16.0 Å². The van der Waals surface area contributed by atoms with Crippen LogP contribution in [-0.2, 0) is 14.4 Å². The highest BCUT2D eigenvalue weighted by atomic mass is 16.2. The molecule has 176 valence electrons. The maximum absolute atomic E-state index is 13.2. The summed E-state index contributed by atoms with van der Waals surface area (Å²) in [7, 11) is 0. The van der Waals surface area contributed by atoms with Crippen molar-refractivity contribution < 1.29 is 14.4 Å². The van der Waals surface area contributed by atoms with E-state index < -0.39 is 11.8 Å². The Bertz CT molecular complexity index is 591. The number of carbonyl (C=O) groups excluding carboxylic acids is 3. The molecule has 2 atom stereocenters. The van der Waals surface area contributed by atoms with Crippen molar-refractivity contribution in [1.82, 2.24) is 16.0 Å². The third-order valence-electron chi connectivity index (χ3n) is 7.63. The second kappa shape index (κ2) is 12.4. The summed E-state index contributed by atoms with van der Waals surface area (Å²) in [6, 6.07) is 0.607. The Morgan fingerprint density at radius 2 is 1.00 bits per heavy atom. The van der Waals surface area contributed by atoms with Gasteiger partial charge in [0.1, 0.15) is 0 Å². The van der Waals surface area contributed by atoms with Crippen LogP contribution in [-0.4, -0.2) is 35.8 Å². The molecule has 0 aromatic heterocycles. The molecule has 2 unspecified atom stereocenters. The molecule has 6 heteroatoms. The smallest absolute Gasteiger partial charge is 0.224 e. The molecule has 31 heavy (non-hydrogen) atoms. The number of hydrogen-bond acceptors (Lipinski definition) is 3. The van der Waals surface area contributed by atoms with Crippen molar-refractivity contribution in [3.05, 3.63) is 0 Å². The lowest BCUT2D eigenvalue weighted by Crippen LogP contribution is -2.48. The van der Waals surface area contributed by atoms with Crippen molar-refractivity contribution in [3.8, 4) is 0 Å². The summed E-state index contributed by atoms with van der Waals surface area (Å²) in [5, 5.41) is 9.46. The van der Waals surface area contributed by atoms with Crippen molar-refractivity contribution in [3.63, 3.8) is 0 Å². The van der Waals surface area contributed by atoms with Gasteiger partial charge in [-0.05, 0) is 38.5 Å². The normalized spacial score (nSPS) is 23.5. The predicted octanol–water partition coefficient (Wildman–Crippen LogP) is 3.98. The van der Waals surface area contributed by atoms with E-state index in [1.165, 1.54) is 19.3 Å². The summed E-state index contributed by atoms with van der Waals surface area (Å²) >= 11 is 0. The molecule has 3 N–H and O–H groups in total. The quantitative estimate of drug-likeness (QED) is 0.541. The fourth-order valence-corrected chi connectivity index (χ4v) is 5.55. The molecular weight excluding hydrogens is 390 g/mol. The maximum atomic E-state index is 13.2. The second-order valence-electron chi connectivity index (χ2n) is 10.2. The maximum Gasteiger partial charge on any atom is 0.224 e. The average molecular weight is 434 g/mol. The van der Waals surface area contributed by atoms with E-state index in [4.69, 9.17) is 0 Å². The zero-order chi connectivity index (χ0) is 22.1. The Morgan fingerprint density at radius 1 is 0.613 bits per heavy atom. The van der Waals surface area contributed by atoms with Gasteiger partial charge in [-0.3, -0.25) is 14.4 Å². The van der Waals surface area contributed by atoms with Gasteiger partial charge < -0.3 is 16.0 Å². The molecule has 3 fully saturated rings. The minimum Gasteiger partial charge on any atom is -0.353 e. The molecule has 3 saturated carbocycles. The highest BCUT2D eigenvalue weighted by molar-refractivity contribution is 5.91. The van der Waals surface area contributed by atoms with Gasteiger partial charge in [0.05, 0.1) is 5.92 Å². The monoisotopic (exact) mass is 433 g/mol. The van der Waals surface area contributed by atoms with Gasteiger partial charge in [0.25, 0.3) is 0 Å². The molecule has 3 amide bonds. The van der Waals surface area contributed by atoms with Gasteiger partial charge in [0.2, 0.25) is 17.7 Å². The van der Waals surface area contributed by atoms with E-state index >= 15 is 0 Å². The summed E-state index contributed by atoms with van der Waals surface area (Å²) in [5.41, 5.74) is 0. The third kappa shape index (κ3) is 7.80. The third-order valence-corrected chi connectivity index (χ3v) is 7.63. The molecule has 0 heterocycles. The summed E-state index contributed by atoms with van der Waals surface area (Å²) in [5.74, 6) is -1.43. The van der Waals surface area contributed by atoms with E-state index in [1.54, 1.807) is 0 Å². The summed E-state index contributed by atoms with van der Waals surface area (Å²) in [6.45, 7) is 1.82. The number of hydrogen-bond donors (Lipinski definition) is 3. The predicted molar refractivity (Wildman–Crippen MR) is 122 cm³/mol. The molecule has 0 aromatic carbocycles. The first-order chi connectivity index (χ1) is 15.0. The van der Waals surface area contributed by atoms with Gasteiger partial charge in [0, 0.05) is 30.5 Å². The minimum absolute atomic E-state index is 0.0823. The van der Waals surface area contributed by atoms with E-state index in [1.807, 2.05) is 6.92 Å².